The molecule has 1 aromatic heterocycles. The Morgan fingerprint density at radius 2 is 1.88 bits per heavy atom. The number of aryl methyl sites for hydroxylation is 1. The number of hydrogen-bond donors (Lipinski definition) is 0. The monoisotopic (exact) mass is 365 g/mol. The Labute approximate surface area is 152 Å². The first kappa shape index (κ1) is 18.4. The van der Waals surface area contributed by atoms with Crippen molar-refractivity contribution in [3.8, 4) is 17.2 Å². The highest BCUT2D eigenvalue weighted by Crippen LogP contribution is 2.39. The summed E-state index contributed by atoms with van der Waals surface area (Å²) in [4.78, 5) is 6.12. The Morgan fingerprint density at radius 3 is 2.42 bits per heavy atom. The first-order valence-electron chi connectivity index (χ1n) is 8.50. The molecule has 0 N–H and O–H groups in total. The SMILES string of the molecule is COc1cc(CN2CCCC(F)(c3nc(C)no3)C2)cc(OC)c1OC. The predicted molar refractivity (Wildman–Crippen MR) is 92.4 cm³/mol. The van der Waals surface area contributed by atoms with Crippen LogP contribution in [0.1, 0.15) is 30.1 Å². The van der Waals surface area contributed by atoms with Crippen LogP contribution in [0.5, 0.6) is 17.2 Å². The molecular weight excluding hydrogens is 341 g/mol. The van der Waals surface area contributed by atoms with Crippen LogP contribution in [0.4, 0.5) is 4.39 Å². The van der Waals surface area contributed by atoms with Gasteiger partial charge in [0.2, 0.25) is 11.4 Å². The molecule has 1 unspecified atom stereocenters. The molecule has 1 aliphatic heterocycles. The van der Waals surface area contributed by atoms with Gasteiger partial charge in [-0.1, -0.05) is 5.16 Å². The van der Waals surface area contributed by atoms with Crippen molar-refractivity contribution in [2.45, 2.75) is 32.0 Å². The maximum atomic E-state index is 15.4. The van der Waals surface area contributed by atoms with Crippen LogP contribution in [0.2, 0.25) is 0 Å². The van der Waals surface area contributed by atoms with Crippen LogP contribution < -0.4 is 14.2 Å². The van der Waals surface area contributed by atoms with E-state index in [4.69, 9.17) is 18.7 Å². The highest BCUT2D eigenvalue weighted by atomic mass is 19.1. The van der Waals surface area contributed by atoms with Crippen LogP contribution >= 0.6 is 0 Å². The fraction of sp³-hybridized carbons (Fsp3) is 0.556. The van der Waals surface area contributed by atoms with Gasteiger partial charge < -0.3 is 18.7 Å². The standard InChI is InChI=1S/C18H24FN3O4/c1-12-20-17(26-21-12)18(19)6-5-7-22(11-18)10-13-8-14(23-2)16(25-4)15(9-13)24-3/h8-9H,5-7,10-11H2,1-4H3. The molecule has 1 atom stereocenters. The van der Waals surface area contributed by atoms with E-state index in [2.05, 4.69) is 10.1 Å². The van der Waals surface area contributed by atoms with Crippen LogP contribution in [-0.2, 0) is 12.2 Å². The van der Waals surface area contributed by atoms with Crippen molar-refractivity contribution in [3.63, 3.8) is 0 Å². The molecule has 0 aliphatic carbocycles. The van der Waals surface area contributed by atoms with E-state index in [1.54, 1.807) is 28.3 Å². The van der Waals surface area contributed by atoms with Gasteiger partial charge in [-0.05, 0) is 44.0 Å². The average Bonchev–Trinajstić information content (AvgIpc) is 3.08. The average molecular weight is 365 g/mol. The second-order valence-corrected chi connectivity index (χ2v) is 6.46. The molecule has 0 bridgehead atoms. The third-order valence-corrected chi connectivity index (χ3v) is 4.56. The van der Waals surface area contributed by atoms with Gasteiger partial charge in [0.05, 0.1) is 21.3 Å². The zero-order chi connectivity index (χ0) is 18.7. The van der Waals surface area contributed by atoms with Crippen molar-refractivity contribution in [2.24, 2.45) is 0 Å². The third kappa shape index (κ3) is 3.60. The Bertz CT molecular complexity index is 742. The summed E-state index contributed by atoms with van der Waals surface area (Å²) in [5, 5.41) is 3.72. The van der Waals surface area contributed by atoms with Gasteiger partial charge in [0.1, 0.15) is 0 Å². The smallest absolute Gasteiger partial charge is 0.265 e. The minimum atomic E-state index is -1.62. The molecule has 0 amide bonds. The fourth-order valence-corrected chi connectivity index (χ4v) is 3.37. The summed E-state index contributed by atoms with van der Waals surface area (Å²) in [5.41, 5.74) is -0.675. The minimum absolute atomic E-state index is 0.0598. The topological polar surface area (TPSA) is 69.9 Å². The molecule has 1 saturated heterocycles. The first-order chi connectivity index (χ1) is 12.5. The van der Waals surface area contributed by atoms with E-state index in [-0.39, 0.29) is 12.4 Å². The zero-order valence-corrected chi connectivity index (χ0v) is 15.5. The Balaban J connectivity index is 1.80. The summed E-state index contributed by atoms with van der Waals surface area (Å²) in [6.07, 6.45) is 1.09. The molecule has 0 spiro atoms. The largest absolute Gasteiger partial charge is 0.493 e. The summed E-state index contributed by atoms with van der Waals surface area (Å²) in [6, 6.07) is 3.76. The van der Waals surface area contributed by atoms with E-state index in [1.807, 2.05) is 17.0 Å². The lowest BCUT2D eigenvalue weighted by Crippen LogP contribution is -2.43. The van der Waals surface area contributed by atoms with Crippen molar-refractivity contribution in [3.05, 3.63) is 29.4 Å². The number of halogens is 1. The quantitative estimate of drug-likeness (QED) is 0.779. The van der Waals surface area contributed by atoms with E-state index < -0.39 is 5.67 Å². The Hall–Kier alpha value is -2.35. The van der Waals surface area contributed by atoms with E-state index in [0.29, 0.717) is 42.5 Å². The lowest BCUT2D eigenvalue weighted by atomic mass is 9.94. The van der Waals surface area contributed by atoms with E-state index in [1.165, 1.54) is 0 Å². The summed E-state index contributed by atoms with van der Waals surface area (Å²) in [7, 11) is 4.72. The molecule has 8 heteroatoms. The van der Waals surface area contributed by atoms with Gasteiger partial charge in [0.15, 0.2) is 17.3 Å². The van der Waals surface area contributed by atoms with Gasteiger partial charge >= 0.3 is 0 Å². The molecule has 1 aliphatic rings. The molecule has 2 aromatic rings. The van der Waals surface area contributed by atoms with Gasteiger partial charge in [-0.3, -0.25) is 4.90 Å². The molecule has 142 valence electrons. The zero-order valence-electron chi connectivity index (χ0n) is 15.5. The van der Waals surface area contributed by atoms with Gasteiger partial charge in [0, 0.05) is 13.1 Å². The van der Waals surface area contributed by atoms with E-state index in [9.17, 15) is 0 Å². The Kier molecular flexibility index (Phi) is 5.31. The molecule has 26 heavy (non-hydrogen) atoms. The fourth-order valence-electron chi connectivity index (χ4n) is 3.37. The van der Waals surface area contributed by atoms with E-state index >= 15 is 4.39 Å². The molecule has 0 saturated carbocycles. The maximum absolute atomic E-state index is 15.4. The molecular formula is C18H24FN3O4. The highest BCUT2D eigenvalue weighted by Gasteiger charge is 2.42. The molecule has 2 heterocycles. The van der Waals surface area contributed by atoms with Gasteiger partial charge in [-0.2, -0.15) is 4.98 Å². The van der Waals surface area contributed by atoms with Crippen LogP contribution in [-0.4, -0.2) is 49.5 Å². The number of likely N-dealkylation sites (tertiary alicyclic amines) is 1. The molecule has 1 aromatic carbocycles. The Morgan fingerprint density at radius 1 is 1.19 bits per heavy atom. The number of methoxy groups -OCH3 is 3. The summed E-state index contributed by atoms with van der Waals surface area (Å²) < 4.78 is 36.6. The second-order valence-electron chi connectivity index (χ2n) is 6.46. The van der Waals surface area contributed by atoms with Gasteiger partial charge in [-0.25, -0.2) is 4.39 Å². The number of piperidine rings is 1. The predicted octanol–water partition coefficient (Wildman–Crippen LogP) is 2.86. The number of alkyl halides is 1. The lowest BCUT2D eigenvalue weighted by molar-refractivity contribution is 0.0124. The molecule has 0 radical (unpaired) electrons. The molecule has 7 nitrogen and oxygen atoms in total. The highest BCUT2D eigenvalue weighted by molar-refractivity contribution is 5.53. The minimum Gasteiger partial charge on any atom is -0.493 e. The number of rotatable bonds is 6. The second kappa shape index (κ2) is 7.49. The van der Waals surface area contributed by atoms with Crippen LogP contribution in [0, 0.1) is 6.92 Å². The van der Waals surface area contributed by atoms with Crippen LogP contribution in [0.3, 0.4) is 0 Å². The van der Waals surface area contributed by atoms with Gasteiger partial charge in [0.25, 0.3) is 5.89 Å². The van der Waals surface area contributed by atoms with Gasteiger partial charge in [-0.15, -0.1) is 0 Å². The van der Waals surface area contributed by atoms with Crippen molar-refractivity contribution in [1.29, 1.82) is 0 Å². The lowest BCUT2D eigenvalue weighted by Gasteiger charge is -2.35. The normalized spacial score (nSPS) is 20.8. The van der Waals surface area contributed by atoms with Crippen LogP contribution in [0.25, 0.3) is 0 Å². The molecule has 3 rings (SSSR count). The van der Waals surface area contributed by atoms with Crippen molar-refractivity contribution in [2.75, 3.05) is 34.4 Å². The van der Waals surface area contributed by atoms with Crippen LogP contribution in [0.15, 0.2) is 16.7 Å². The van der Waals surface area contributed by atoms with Crippen molar-refractivity contribution < 1.29 is 23.1 Å². The third-order valence-electron chi connectivity index (χ3n) is 4.56. The number of nitrogens with zero attached hydrogens (tertiary/aromatic N) is 3. The number of aromatic nitrogens is 2. The number of ether oxygens (including phenoxy) is 3. The van der Waals surface area contributed by atoms with E-state index in [0.717, 1.165) is 12.1 Å². The summed E-state index contributed by atoms with van der Waals surface area (Å²) >= 11 is 0. The van der Waals surface area contributed by atoms with Crippen molar-refractivity contribution in [1.82, 2.24) is 15.0 Å². The summed E-state index contributed by atoms with van der Waals surface area (Å²) in [6.45, 7) is 3.23. The summed E-state index contributed by atoms with van der Waals surface area (Å²) in [5.74, 6) is 2.21. The number of hydrogen-bond acceptors (Lipinski definition) is 7. The van der Waals surface area contributed by atoms with Crippen molar-refractivity contribution >= 4 is 0 Å². The molecule has 1 fully saturated rings. The maximum Gasteiger partial charge on any atom is 0.265 e. The first-order valence-corrected chi connectivity index (χ1v) is 8.50. The number of benzene rings is 1.